The lowest BCUT2D eigenvalue weighted by molar-refractivity contribution is 0.192. The van der Waals surface area contributed by atoms with Crippen LogP contribution in [0.2, 0.25) is 0 Å². The van der Waals surface area contributed by atoms with Gasteiger partial charge in [0.15, 0.2) is 0 Å². The van der Waals surface area contributed by atoms with Gasteiger partial charge in [0.25, 0.3) is 0 Å². The molecule has 0 N–H and O–H groups in total. The summed E-state index contributed by atoms with van der Waals surface area (Å²) in [5, 5.41) is 0.396. The van der Waals surface area contributed by atoms with Crippen LogP contribution in [0.25, 0.3) is 0 Å². The van der Waals surface area contributed by atoms with Crippen molar-refractivity contribution in [2.24, 2.45) is 0 Å². The molecule has 0 aromatic carbocycles. The predicted octanol–water partition coefficient (Wildman–Crippen LogP) is 5.61. The third-order valence-electron chi connectivity index (χ3n) is 4.58. The number of alkyl halides is 1. The Morgan fingerprint density at radius 3 is 2.11 bits per heavy atom. The Bertz CT molecular complexity index is 207. The summed E-state index contributed by atoms with van der Waals surface area (Å²) in [7, 11) is 2.27. The second kappa shape index (κ2) is 11.0. The molecule has 0 radical (unpaired) electrons. The van der Waals surface area contributed by atoms with Crippen molar-refractivity contribution < 1.29 is 0 Å². The van der Waals surface area contributed by atoms with Crippen LogP contribution in [-0.4, -0.2) is 29.9 Å². The molecule has 2 heteroatoms. The van der Waals surface area contributed by atoms with Crippen molar-refractivity contribution >= 4 is 11.6 Å². The fraction of sp³-hybridized carbons (Fsp3) is 1.00. The van der Waals surface area contributed by atoms with E-state index in [-0.39, 0.29) is 0 Å². The van der Waals surface area contributed by atoms with Gasteiger partial charge in [0.05, 0.1) is 0 Å². The molecule has 1 saturated carbocycles. The third-order valence-corrected chi connectivity index (χ3v) is 5.09. The van der Waals surface area contributed by atoms with E-state index >= 15 is 0 Å². The predicted molar refractivity (Wildman–Crippen MR) is 87.1 cm³/mol. The highest BCUT2D eigenvalue weighted by atomic mass is 35.5. The lowest BCUT2D eigenvalue weighted by Gasteiger charge is -2.34. The summed E-state index contributed by atoms with van der Waals surface area (Å²) >= 11 is 6.45. The molecule has 0 aromatic heterocycles. The number of hydrogen-bond acceptors (Lipinski definition) is 1. The maximum atomic E-state index is 6.45. The zero-order valence-electron chi connectivity index (χ0n) is 13.2. The van der Waals surface area contributed by atoms with Gasteiger partial charge >= 0.3 is 0 Å². The Labute approximate surface area is 126 Å². The number of hydrogen-bond donors (Lipinski definition) is 0. The largest absolute Gasteiger partial charge is 0.302 e. The molecular formula is C17H34ClN. The molecule has 0 aromatic rings. The van der Waals surface area contributed by atoms with Crippen LogP contribution >= 0.6 is 11.6 Å². The second-order valence-electron chi connectivity index (χ2n) is 6.32. The number of halogens is 1. The van der Waals surface area contributed by atoms with Gasteiger partial charge in [0, 0.05) is 11.4 Å². The van der Waals surface area contributed by atoms with Crippen molar-refractivity contribution in [3.63, 3.8) is 0 Å². The molecule has 1 aliphatic carbocycles. The minimum atomic E-state index is 0.396. The van der Waals surface area contributed by atoms with Crippen LogP contribution in [0.1, 0.15) is 84.0 Å². The van der Waals surface area contributed by atoms with Crippen molar-refractivity contribution in [3.8, 4) is 0 Å². The van der Waals surface area contributed by atoms with E-state index in [2.05, 4.69) is 18.9 Å². The van der Waals surface area contributed by atoms with Crippen molar-refractivity contribution in [1.82, 2.24) is 4.90 Å². The van der Waals surface area contributed by atoms with Gasteiger partial charge in [-0.1, -0.05) is 64.7 Å². The summed E-state index contributed by atoms with van der Waals surface area (Å²) in [5.41, 5.74) is 0. The van der Waals surface area contributed by atoms with Gasteiger partial charge in [-0.3, -0.25) is 0 Å². The maximum absolute atomic E-state index is 6.45. The molecule has 0 saturated heterocycles. The van der Waals surface area contributed by atoms with Crippen molar-refractivity contribution in [2.75, 3.05) is 13.6 Å². The Hall–Kier alpha value is 0.250. The molecule has 0 amide bonds. The van der Waals surface area contributed by atoms with E-state index in [4.69, 9.17) is 11.6 Å². The molecular weight excluding hydrogens is 254 g/mol. The highest BCUT2D eigenvalue weighted by Crippen LogP contribution is 2.26. The van der Waals surface area contributed by atoms with Crippen molar-refractivity contribution in [2.45, 2.75) is 95.4 Å². The topological polar surface area (TPSA) is 3.24 Å². The molecule has 0 spiro atoms. The first kappa shape index (κ1) is 17.3. The van der Waals surface area contributed by atoms with E-state index in [1.807, 2.05) is 0 Å². The normalized spacial score (nSPS) is 24.0. The Morgan fingerprint density at radius 2 is 1.47 bits per heavy atom. The van der Waals surface area contributed by atoms with Crippen LogP contribution in [0.4, 0.5) is 0 Å². The SMILES string of the molecule is CCCCCCCCCCN(C)C1CCCCC1Cl. The van der Waals surface area contributed by atoms with Gasteiger partial charge in [0.2, 0.25) is 0 Å². The fourth-order valence-corrected chi connectivity index (χ4v) is 3.70. The van der Waals surface area contributed by atoms with Crippen LogP contribution in [0.5, 0.6) is 0 Å². The van der Waals surface area contributed by atoms with Crippen LogP contribution in [0.3, 0.4) is 0 Å². The summed E-state index contributed by atoms with van der Waals surface area (Å²) in [4.78, 5) is 2.52. The minimum Gasteiger partial charge on any atom is -0.302 e. The van der Waals surface area contributed by atoms with Gasteiger partial charge in [-0.25, -0.2) is 0 Å². The molecule has 0 aliphatic heterocycles. The first-order valence-corrected chi connectivity index (χ1v) is 9.03. The van der Waals surface area contributed by atoms with Gasteiger partial charge < -0.3 is 4.90 Å². The maximum Gasteiger partial charge on any atom is 0.0491 e. The monoisotopic (exact) mass is 287 g/mol. The molecule has 114 valence electrons. The molecule has 2 atom stereocenters. The zero-order valence-corrected chi connectivity index (χ0v) is 13.9. The lowest BCUT2D eigenvalue weighted by Crippen LogP contribution is -2.41. The number of rotatable bonds is 10. The Kier molecular flexibility index (Phi) is 9.99. The zero-order chi connectivity index (χ0) is 13.9. The van der Waals surface area contributed by atoms with Crippen LogP contribution in [-0.2, 0) is 0 Å². The van der Waals surface area contributed by atoms with E-state index in [0.29, 0.717) is 11.4 Å². The van der Waals surface area contributed by atoms with E-state index in [9.17, 15) is 0 Å². The van der Waals surface area contributed by atoms with Gasteiger partial charge in [-0.15, -0.1) is 11.6 Å². The van der Waals surface area contributed by atoms with E-state index < -0.39 is 0 Å². The summed E-state index contributed by atoms with van der Waals surface area (Å²) in [6, 6.07) is 0.639. The van der Waals surface area contributed by atoms with E-state index in [0.717, 1.165) is 0 Å². The van der Waals surface area contributed by atoms with Gasteiger partial charge in [0.1, 0.15) is 0 Å². The quantitative estimate of drug-likeness (QED) is 0.373. The highest BCUT2D eigenvalue weighted by Gasteiger charge is 2.25. The molecule has 19 heavy (non-hydrogen) atoms. The molecule has 0 bridgehead atoms. The average molecular weight is 288 g/mol. The fourth-order valence-electron chi connectivity index (χ4n) is 3.22. The molecule has 1 nitrogen and oxygen atoms in total. The van der Waals surface area contributed by atoms with Crippen LogP contribution < -0.4 is 0 Å². The lowest BCUT2D eigenvalue weighted by atomic mass is 9.94. The van der Waals surface area contributed by atoms with Crippen LogP contribution in [0.15, 0.2) is 0 Å². The molecule has 1 rings (SSSR count). The summed E-state index contributed by atoms with van der Waals surface area (Å²) in [6.07, 6.45) is 16.5. The second-order valence-corrected chi connectivity index (χ2v) is 6.88. The number of nitrogens with zero attached hydrogens (tertiary/aromatic N) is 1. The summed E-state index contributed by atoms with van der Waals surface area (Å²) in [6.45, 7) is 3.52. The summed E-state index contributed by atoms with van der Waals surface area (Å²) in [5.74, 6) is 0. The van der Waals surface area contributed by atoms with Crippen LogP contribution in [0, 0.1) is 0 Å². The van der Waals surface area contributed by atoms with Crippen molar-refractivity contribution in [3.05, 3.63) is 0 Å². The van der Waals surface area contributed by atoms with E-state index in [1.54, 1.807) is 0 Å². The van der Waals surface area contributed by atoms with Gasteiger partial charge in [-0.05, 0) is 32.9 Å². The molecule has 2 unspecified atom stereocenters. The average Bonchev–Trinajstić information content (AvgIpc) is 2.42. The van der Waals surface area contributed by atoms with E-state index in [1.165, 1.54) is 83.6 Å². The smallest absolute Gasteiger partial charge is 0.0491 e. The molecule has 1 aliphatic rings. The summed E-state index contributed by atoms with van der Waals surface area (Å²) < 4.78 is 0. The highest BCUT2D eigenvalue weighted by molar-refractivity contribution is 6.21. The van der Waals surface area contributed by atoms with Crippen molar-refractivity contribution in [1.29, 1.82) is 0 Å². The molecule has 0 heterocycles. The molecule has 1 fully saturated rings. The minimum absolute atomic E-state index is 0.396. The first-order valence-electron chi connectivity index (χ1n) is 8.60. The number of unbranched alkanes of at least 4 members (excludes halogenated alkanes) is 7. The first-order chi connectivity index (χ1) is 9.25. The Balaban J connectivity index is 1.96. The van der Waals surface area contributed by atoms with Gasteiger partial charge in [-0.2, -0.15) is 0 Å². The Morgan fingerprint density at radius 1 is 0.895 bits per heavy atom. The standard InChI is InChI=1S/C17H34ClN/c1-3-4-5-6-7-8-9-12-15-19(2)17-14-11-10-13-16(17)18/h16-17H,3-15H2,1-2H3. The third kappa shape index (κ3) is 7.56.